The van der Waals surface area contributed by atoms with E-state index in [9.17, 15) is 29.1 Å². The highest BCUT2D eigenvalue weighted by molar-refractivity contribution is 7.70. The number of halogens is 2. The molecule has 43 heavy (non-hydrogen) atoms. The van der Waals surface area contributed by atoms with Gasteiger partial charge in [0, 0.05) is 17.5 Å². The van der Waals surface area contributed by atoms with E-state index in [1.807, 2.05) is 18.2 Å². The number of rotatable bonds is 12. The SMILES string of the molecule is O=P(O)(O)CP(=O)(OCc1ccccc1)OC[C@H]1C[C@@H](n2nnc3c(NCc4ccccc4Cl)nc(Cl)nc32)[C@H](O)[C@@H]1O. The van der Waals surface area contributed by atoms with Gasteiger partial charge in [0.15, 0.2) is 22.9 Å². The third-order valence-corrected chi connectivity index (χ3v) is 11.4. The third kappa shape index (κ3) is 7.79. The fraction of sp³-hybridized carbons (Fsp3) is 0.360. The van der Waals surface area contributed by atoms with Crippen molar-refractivity contribution in [1.82, 2.24) is 25.0 Å². The topological polar surface area (TPSA) is 202 Å². The molecule has 2 aromatic carbocycles. The van der Waals surface area contributed by atoms with Crippen molar-refractivity contribution in [2.75, 3.05) is 17.8 Å². The zero-order valence-electron chi connectivity index (χ0n) is 22.3. The number of hydrogen-bond acceptors (Lipinski definition) is 11. The molecule has 0 bridgehead atoms. The van der Waals surface area contributed by atoms with Crippen molar-refractivity contribution in [2.24, 2.45) is 5.92 Å². The second-order valence-electron chi connectivity index (χ2n) is 10.0. The maximum absolute atomic E-state index is 13.3. The molecule has 18 heteroatoms. The van der Waals surface area contributed by atoms with Crippen LogP contribution in [0.1, 0.15) is 23.6 Å². The van der Waals surface area contributed by atoms with E-state index in [0.29, 0.717) is 17.1 Å². The lowest BCUT2D eigenvalue weighted by Crippen LogP contribution is -2.31. The van der Waals surface area contributed by atoms with Gasteiger partial charge in [0.05, 0.1) is 25.4 Å². The Bertz CT molecular complexity index is 1680. The van der Waals surface area contributed by atoms with E-state index >= 15 is 0 Å². The number of benzene rings is 2. The van der Waals surface area contributed by atoms with Crippen LogP contribution in [-0.2, 0) is 31.3 Å². The molecule has 1 aliphatic rings. The second-order valence-corrected chi connectivity index (χ2v) is 15.0. The van der Waals surface area contributed by atoms with E-state index < -0.39 is 51.9 Å². The Morgan fingerprint density at radius 3 is 2.42 bits per heavy atom. The Kier molecular flexibility index (Phi) is 9.84. The minimum atomic E-state index is -4.80. The summed E-state index contributed by atoms with van der Waals surface area (Å²) in [5, 5.41) is 33.6. The molecule has 5 N–H and O–H groups in total. The highest BCUT2D eigenvalue weighted by Gasteiger charge is 2.45. The van der Waals surface area contributed by atoms with Crippen LogP contribution in [0.25, 0.3) is 11.2 Å². The van der Waals surface area contributed by atoms with E-state index in [4.69, 9.17) is 32.2 Å². The Morgan fingerprint density at radius 2 is 1.70 bits per heavy atom. The lowest BCUT2D eigenvalue weighted by molar-refractivity contribution is -0.00424. The van der Waals surface area contributed by atoms with Crippen LogP contribution in [0.4, 0.5) is 5.82 Å². The Morgan fingerprint density at radius 1 is 0.977 bits per heavy atom. The summed E-state index contributed by atoms with van der Waals surface area (Å²) in [5.41, 5.74) is 1.88. The molecule has 0 aliphatic heterocycles. The molecule has 1 unspecified atom stereocenters. The predicted octanol–water partition coefficient (Wildman–Crippen LogP) is 3.98. The Balaban J connectivity index is 1.31. The van der Waals surface area contributed by atoms with Gasteiger partial charge >= 0.3 is 15.2 Å². The lowest BCUT2D eigenvalue weighted by Gasteiger charge is -2.22. The van der Waals surface area contributed by atoms with Crippen molar-refractivity contribution in [3.8, 4) is 0 Å². The van der Waals surface area contributed by atoms with Crippen molar-refractivity contribution < 1.29 is 38.2 Å². The zero-order valence-corrected chi connectivity index (χ0v) is 25.7. The van der Waals surface area contributed by atoms with Gasteiger partial charge in [0.25, 0.3) is 0 Å². The molecule has 0 spiro atoms. The highest BCUT2D eigenvalue weighted by atomic mass is 35.5. The summed E-state index contributed by atoms with van der Waals surface area (Å²) in [4.78, 5) is 27.4. The van der Waals surface area contributed by atoms with Crippen LogP contribution in [0.5, 0.6) is 0 Å². The second kappa shape index (κ2) is 13.3. The number of hydrogen-bond donors (Lipinski definition) is 5. The summed E-state index contributed by atoms with van der Waals surface area (Å²) in [6.07, 6.45) is -2.66. The van der Waals surface area contributed by atoms with Gasteiger partial charge < -0.3 is 34.4 Å². The Hall–Kier alpha value is -2.48. The summed E-state index contributed by atoms with van der Waals surface area (Å²) in [6, 6.07) is 15.0. The molecule has 2 heterocycles. The fourth-order valence-corrected chi connectivity index (χ4v) is 8.44. The first-order valence-electron chi connectivity index (χ1n) is 13.0. The number of aliphatic hydroxyl groups excluding tert-OH is 2. The summed E-state index contributed by atoms with van der Waals surface area (Å²) < 4.78 is 37.2. The molecule has 0 radical (unpaired) electrons. The smallest absolute Gasteiger partial charge is 0.343 e. The fourth-order valence-electron chi connectivity index (χ4n) is 4.78. The van der Waals surface area contributed by atoms with Crippen molar-refractivity contribution in [1.29, 1.82) is 0 Å². The molecular weight excluding hydrogens is 645 g/mol. The van der Waals surface area contributed by atoms with Crippen molar-refractivity contribution in [3.05, 3.63) is 76.0 Å². The quantitative estimate of drug-likeness (QED) is 0.107. The molecule has 2 aromatic heterocycles. The summed E-state index contributed by atoms with van der Waals surface area (Å²) in [6.45, 7) is -0.331. The van der Waals surface area contributed by atoms with E-state index in [1.54, 1.807) is 36.4 Å². The first-order chi connectivity index (χ1) is 20.4. The minimum absolute atomic E-state index is 0.0688. The van der Waals surface area contributed by atoms with Crippen LogP contribution < -0.4 is 5.32 Å². The molecular formula is C25H28Cl2N6O8P2. The Labute approximate surface area is 255 Å². The van der Waals surface area contributed by atoms with Crippen LogP contribution >= 0.6 is 38.4 Å². The van der Waals surface area contributed by atoms with Crippen LogP contribution in [-0.4, -0.2) is 69.7 Å². The van der Waals surface area contributed by atoms with Crippen LogP contribution in [0.15, 0.2) is 54.6 Å². The maximum Gasteiger partial charge on any atom is 0.343 e. The summed E-state index contributed by atoms with van der Waals surface area (Å²) >= 11 is 12.4. The predicted molar refractivity (Wildman–Crippen MR) is 158 cm³/mol. The molecule has 0 saturated heterocycles. The van der Waals surface area contributed by atoms with Crippen LogP contribution in [0.3, 0.4) is 0 Å². The first-order valence-corrected chi connectivity index (χ1v) is 17.3. The van der Waals surface area contributed by atoms with Gasteiger partial charge in [-0.3, -0.25) is 9.13 Å². The molecule has 4 aromatic rings. The average molecular weight is 673 g/mol. The van der Waals surface area contributed by atoms with Gasteiger partial charge in [0.2, 0.25) is 5.28 Å². The summed E-state index contributed by atoms with van der Waals surface area (Å²) in [7, 11) is -9.12. The van der Waals surface area contributed by atoms with Gasteiger partial charge in [-0.2, -0.15) is 9.97 Å². The van der Waals surface area contributed by atoms with E-state index in [-0.39, 0.29) is 35.3 Å². The monoisotopic (exact) mass is 672 g/mol. The average Bonchev–Trinajstić information content (AvgIpc) is 3.50. The maximum atomic E-state index is 13.3. The molecule has 1 saturated carbocycles. The minimum Gasteiger partial charge on any atom is -0.390 e. The third-order valence-electron chi connectivity index (χ3n) is 6.90. The van der Waals surface area contributed by atoms with E-state index in [0.717, 1.165) is 5.56 Å². The first kappa shape index (κ1) is 31.9. The van der Waals surface area contributed by atoms with Gasteiger partial charge in [0.1, 0.15) is 6.10 Å². The number of nitrogens with zero attached hydrogens (tertiary/aromatic N) is 5. The standard InChI is InChI=1S/C25H28Cl2N6O8P2/c26-18-9-5-4-8-16(18)11-28-23-20-24(30-25(27)29-23)33(32-31-20)19-10-17(21(34)22(19)35)13-41-43(39,14-42(36,37)38)40-12-15-6-2-1-3-7-15/h1-9,17,19,21-22,34-35H,10-14H2,(H,28,29,30)(H2,36,37,38)/t17-,19-,21-,22+,43?/m1/s1. The number of aromatic nitrogens is 5. The number of fused-ring (bicyclic) bond motifs is 1. The van der Waals surface area contributed by atoms with E-state index in [2.05, 4.69) is 25.6 Å². The highest BCUT2D eigenvalue weighted by Crippen LogP contribution is 2.60. The van der Waals surface area contributed by atoms with Crippen molar-refractivity contribution in [2.45, 2.75) is 37.8 Å². The van der Waals surface area contributed by atoms with Gasteiger partial charge in [-0.1, -0.05) is 65.3 Å². The van der Waals surface area contributed by atoms with Gasteiger partial charge in [-0.15, -0.1) is 5.10 Å². The number of nitrogens with one attached hydrogen (secondary N) is 1. The lowest BCUT2D eigenvalue weighted by atomic mass is 10.1. The molecule has 1 aliphatic carbocycles. The molecule has 5 atom stereocenters. The summed E-state index contributed by atoms with van der Waals surface area (Å²) in [5.74, 6) is -1.67. The van der Waals surface area contributed by atoms with Crippen LogP contribution in [0, 0.1) is 5.92 Å². The molecule has 230 valence electrons. The van der Waals surface area contributed by atoms with Gasteiger partial charge in [-0.25, -0.2) is 4.68 Å². The van der Waals surface area contributed by atoms with E-state index in [1.165, 1.54) is 4.68 Å². The van der Waals surface area contributed by atoms with Crippen LogP contribution in [0.2, 0.25) is 10.3 Å². The largest absolute Gasteiger partial charge is 0.390 e. The van der Waals surface area contributed by atoms with Gasteiger partial charge in [-0.05, 0) is 35.2 Å². The normalized spacial score (nSPS) is 22.1. The zero-order chi connectivity index (χ0) is 30.8. The van der Waals surface area contributed by atoms with Crippen molar-refractivity contribution >= 4 is 55.4 Å². The number of anilines is 1. The molecule has 1 fully saturated rings. The molecule has 5 rings (SSSR count). The van der Waals surface area contributed by atoms with Crippen molar-refractivity contribution in [3.63, 3.8) is 0 Å². The molecule has 14 nitrogen and oxygen atoms in total. The molecule has 0 amide bonds. The number of aliphatic hydroxyl groups is 2.